The minimum atomic E-state index is -0.000226. The lowest BCUT2D eigenvalue weighted by molar-refractivity contribution is -0.0325. The van der Waals surface area contributed by atoms with Crippen LogP contribution in [0.15, 0.2) is 60.7 Å². The number of hydrogen-bond donors (Lipinski definition) is 1. The number of benzene rings is 3. The van der Waals surface area contributed by atoms with Crippen LogP contribution in [0, 0.1) is 16.7 Å². The van der Waals surface area contributed by atoms with Crippen molar-refractivity contribution in [2.24, 2.45) is 16.7 Å². The summed E-state index contributed by atoms with van der Waals surface area (Å²) in [6.45, 7) is 16.8. The molecule has 4 aliphatic rings. The molecule has 222 valence electrons. The van der Waals surface area contributed by atoms with E-state index in [4.69, 9.17) is 9.47 Å². The summed E-state index contributed by atoms with van der Waals surface area (Å²) in [6, 6.07) is 23.7. The maximum Gasteiger partial charge on any atom is 0.102 e. The van der Waals surface area contributed by atoms with Crippen LogP contribution in [0.25, 0.3) is 11.1 Å². The first-order valence-corrected chi connectivity index (χ1v) is 16.4. The van der Waals surface area contributed by atoms with Gasteiger partial charge in [-0.2, -0.15) is 0 Å². The number of rotatable bonds is 1. The van der Waals surface area contributed by atoms with Crippen LogP contribution in [0.2, 0.25) is 0 Å². The Morgan fingerprint density at radius 1 is 0.690 bits per heavy atom. The van der Waals surface area contributed by atoms with Crippen molar-refractivity contribution in [1.29, 1.82) is 0 Å². The van der Waals surface area contributed by atoms with Gasteiger partial charge in [-0.3, -0.25) is 0 Å². The molecule has 7 rings (SSSR count). The normalized spacial score (nSPS) is 29.2. The Bertz CT molecular complexity index is 1460. The fraction of sp³-hybridized carbons (Fsp3) is 0.538. The molecule has 2 fully saturated rings. The Kier molecular flexibility index (Phi) is 7.16. The van der Waals surface area contributed by atoms with Crippen molar-refractivity contribution in [3.8, 4) is 11.1 Å². The van der Waals surface area contributed by atoms with Gasteiger partial charge in [0.15, 0.2) is 0 Å². The third kappa shape index (κ3) is 4.86. The second-order valence-electron chi connectivity index (χ2n) is 15.5. The van der Waals surface area contributed by atoms with Gasteiger partial charge in [-0.05, 0) is 92.1 Å². The molecule has 0 spiro atoms. The molecule has 3 heteroatoms. The van der Waals surface area contributed by atoms with E-state index in [-0.39, 0.29) is 23.0 Å². The van der Waals surface area contributed by atoms with Crippen molar-refractivity contribution in [2.75, 3.05) is 13.2 Å². The predicted octanol–water partition coefficient (Wildman–Crippen LogP) is 9.47. The second kappa shape index (κ2) is 10.6. The molecule has 3 aromatic carbocycles. The van der Waals surface area contributed by atoms with Crippen LogP contribution >= 0.6 is 0 Å². The Morgan fingerprint density at radius 3 is 2.14 bits per heavy atom. The predicted molar refractivity (Wildman–Crippen MR) is 172 cm³/mol. The molecule has 1 N–H and O–H groups in total. The fourth-order valence-electron chi connectivity index (χ4n) is 9.03. The Morgan fingerprint density at radius 2 is 1.38 bits per heavy atom. The van der Waals surface area contributed by atoms with E-state index in [9.17, 15) is 0 Å². The molecule has 0 radical (unpaired) electrons. The van der Waals surface area contributed by atoms with Gasteiger partial charge in [-0.1, -0.05) is 103 Å². The van der Waals surface area contributed by atoms with Crippen LogP contribution in [-0.2, 0) is 16.1 Å². The molecule has 2 heterocycles. The number of ether oxygens (including phenoxy) is 2. The van der Waals surface area contributed by atoms with Gasteiger partial charge in [0.25, 0.3) is 0 Å². The molecule has 42 heavy (non-hydrogen) atoms. The fourth-order valence-corrected chi connectivity index (χ4v) is 9.03. The van der Waals surface area contributed by atoms with Crippen molar-refractivity contribution < 1.29 is 9.47 Å². The first kappa shape index (κ1) is 28.3. The highest BCUT2D eigenvalue weighted by atomic mass is 16.5. The number of nitrogens with one attached hydrogen (secondary N) is 1. The van der Waals surface area contributed by atoms with Crippen LogP contribution in [0.3, 0.4) is 0 Å². The lowest BCUT2D eigenvalue weighted by Gasteiger charge is -2.42. The topological polar surface area (TPSA) is 30.5 Å². The maximum absolute atomic E-state index is 6.69. The Balaban J connectivity index is 1.34. The van der Waals surface area contributed by atoms with Crippen LogP contribution in [0.1, 0.15) is 125 Å². The van der Waals surface area contributed by atoms with E-state index in [0.29, 0.717) is 23.9 Å². The largest absolute Gasteiger partial charge is 0.373 e. The van der Waals surface area contributed by atoms with Crippen LogP contribution < -0.4 is 5.32 Å². The molecule has 2 aliphatic heterocycles. The monoisotopic (exact) mass is 563 g/mol. The summed E-state index contributed by atoms with van der Waals surface area (Å²) in [5.74, 6) is 1.43. The van der Waals surface area contributed by atoms with E-state index in [1.165, 1.54) is 70.2 Å². The van der Waals surface area contributed by atoms with E-state index in [0.717, 1.165) is 19.8 Å². The summed E-state index contributed by atoms with van der Waals surface area (Å²) >= 11 is 0. The minimum absolute atomic E-state index is 0.000226. The lowest BCUT2D eigenvalue weighted by Crippen LogP contribution is -2.37. The molecule has 0 amide bonds. The zero-order valence-corrected chi connectivity index (χ0v) is 26.5. The summed E-state index contributed by atoms with van der Waals surface area (Å²) in [6.07, 6.45) is 5.50. The van der Waals surface area contributed by atoms with E-state index >= 15 is 0 Å². The van der Waals surface area contributed by atoms with E-state index in [1.54, 1.807) is 0 Å². The Hall–Kier alpha value is -2.46. The first-order chi connectivity index (χ1) is 20.1. The zero-order valence-electron chi connectivity index (χ0n) is 26.5. The maximum atomic E-state index is 6.69. The average molecular weight is 564 g/mol. The van der Waals surface area contributed by atoms with Crippen molar-refractivity contribution in [2.45, 2.75) is 104 Å². The summed E-state index contributed by atoms with van der Waals surface area (Å²) in [4.78, 5) is 0. The molecule has 0 bridgehead atoms. The molecule has 0 aromatic heterocycles. The zero-order chi connectivity index (χ0) is 29.2. The first-order valence-electron chi connectivity index (χ1n) is 16.4. The van der Waals surface area contributed by atoms with E-state index < -0.39 is 0 Å². The lowest BCUT2D eigenvalue weighted by atomic mass is 9.64. The van der Waals surface area contributed by atoms with Gasteiger partial charge in [-0.15, -0.1) is 0 Å². The highest BCUT2D eigenvalue weighted by Crippen LogP contribution is 2.53. The SMILES string of the molecule is CC(C)(C)C1c2ccccc2C2NCCOC2c2cc(-c3ccc4c(c3)COC3CCCCC3C4C(C)(C)C)ccc21. The average Bonchev–Trinajstić information content (AvgIpc) is 3.21. The van der Waals surface area contributed by atoms with Crippen LogP contribution in [0.4, 0.5) is 0 Å². The molecule has 3 nitrogen and oxygen atoms in total. The van der Waals surface area contributed by atoms with E-state index in [2.05, 4.69) is 108 Å². The third-order valence-corrected chi connectivity index (χ3v) is 10.7. The van der Waals surface area contributed by atoms with Gasteiger partial charge in [-0.25, -0.2) is 0 Å². The smallest absolute Gasteiger partial charge is 0.102 e. The number of fused-ring (bicyclic) bond motifs is 7. The van der Waals surface area contributed by atoms with E-state index in [1.807, 2.05) is 0 Å². The number of morpholine rings is 1. The molecule has 1 saturated carbocycles. The minimum Gasteiger partial charge on any atom is -0.373 e. The molecular formula is C39H49NO2. The standard InChI is InChI=1S/C39H49NO2/c1-38(2,3)34-27-17-15-24(21-26(27)23-42-33-14-10-9-13-31(33)34)25-16-18-29-32(22-25)37-36(40-19-20-41-37)30-12-8-7-11-28(30)35(29)39(4,5)6/h7-8,11-12,15-18,21-22,31,33-37,40H,9-10,13-14,19-20,23H2,1-6H3. The van der Waals surface area contributed by atoms with Crippen molar-refractivity contribution in [3.05, 3.63) is 94.0 Å². The third-order valence-electron chi connectivity index (χ3n) is 10.7. The van der Waals surface area contributed by atoms with Gasteiger partial charge in [0.2, 0.25) is 0 Å². The van der Waals surface area contributed by atoms with Crippen LogP contribution in [0.5, 0.6) is 0 Å². The summed E-state index contributed by atoms with van der Waals surface area (Å²) in [7, 11) is 0. The van der Waals surface area contributed by atoms with Crippen molar-refractivity contribution in [1.82, 2.24) is 5.32 Å². The molecular weight excluding hydrogens is 514 g/mol. The molecule has 1 saturated heterocycles. The summed E-state index contributed by atoms with van der Waals surface area (Å²) < 4.78 is 13.3. The van der Waals surface area contributed by atoms with Gasteiger partial charge in [0.1, 0.15) is 6.10 Å². The molecule has 2 aliphatic carbocycles. The highest BCUT2D eigenvalue weighted by molar-refractivity contribution is 5.68. The summed E-state index contributed by atoms with van der Waals surface area (Å²) in [5, 5.41) is 3.84. The Labute approximate surface area is 253 Å². The van der Waals surface area contributed by atoms with Crippen molar-refractivity contribution >= 4 is 0 Å². The second-order valence-corrected chi connectivity index (χ2v) is 15.5. The van der Waals surface area contributed by atoms with Gasteiger partial charge < -0.3 is 14.8 Å². The van der Waals surface area contributed by atoms with Crippen molar-refractivity contribution in [3.63, 3.8) is 0 Å². The molecule has 6 atom stereocenters. The summed E-state index contributed by atoms with van der Waals surface area (Å²) in [5.41, 5.74) is 11.3. The van der Waals surface area contributed by atoms with Gasteiger partial charge in [0.05, 0.1) is 25.4 Å². The van der Waals surface area contributed by atoms with Crippen LogP contribution in [-0.4, -0.2) is 19.3 Å². The van der Waals surface area contributed by atoms with Gasteiger partial charge >= 0.3 is 0 Å². The molecule has 6 unspecified atom stereocenters. The molecule has 3 aromatic rings. The number of hydrogen-bond acceptors (Lipinski definition) is 3. The quantitative estimate of drug-likeness (QED) is 0.320. The van der Waals surface area contributed by atoms with Gasteiger partial charge in [0, 0.05) is 12.5 Å². The highest BCUT2D eigenvalue weighted by Gasteiger charge is 2.43.